The number of nitrogens with zero attached hydrogens (tertiary/aromatic N) is 1. The van der Waals surface area contributed by atoms with Crippen molar-refractivity contribution >= 4 is 29.7 Å². The highest BCUT2D eigenvalue weighted by Crippen LogP contribution is 2.06. The average molecular weight is 280 g/mol. The normalized spacial score (nSPS) is 12.3. The van der Waals surface area contributed by atoms with Crippen LogP contribution in [-0.4, -0.2) is 40.0 Å². The second-order valence-electron chi connectivity index (χ2n) is 4.01. The lowest BCUT2D eigenvalue weighted by molar-refractivity contribution is -0.131. The molecule has 0 aliphatic heterocycles. The van der Waals surface area contributed by atoms with Gasteiger partial charge in [-0.2, -0.15) is 11.8 Å². The highest BCUT2D eigenvalue weighted by atomic mass is 32.2. The largest absolute Gasteiger partial charge is 0.478 e. The molecule has 0 saturated heterocycles. The molecule has 1 unspecified atom stereocenters. The topological polar surface area (TPSA) is 79.3 Å². The smallest absolute Gasteiger partial charge is 0.328 e. The van der Waals surface area contributed by atoms with Crippen LogP contribution in [0.25, 0.3) is 6.08 Å². The summed E-state index contributed by atoms with van der Waals surface area (Å²) in [4.78, 5) is 26.3. The van der Waals surface area contributed by atoms with Crippen molar-refractivity contribution in [2.75, 3.05) is 12.0 Å². The van der Waals surface area contributed by atoms with Gasteiger partial charge in [-0.25, -0.2) is 4.79 Å². The number of pyridine rings is 1. The highest BCUT2D eigenvalue weighted by molar-refractivity contribution is 7.98. The van der Waals surface area contributed by atoms with Gasteiger partial charge in [0.25, 0.3) is 5.91 Å². The fraction of sp³-hybridized carbons (Fsp3) is 0.308. The molecule has 5 nitrogen and oxygen atoms in total. The Morgan fingerprint density at radius 2 is 2.26 bits per heavy atom. The second-order valence-corrected chi connectivity index (χ2v) is 4.92. The molecule has 1 aromatic heterocycles. The molecule has 0 aromatic carbocycles. The molecule has 1 amide bonds. The Hall–Kier alpha value is -1.82. The maximum absolute atomic E-state index is 11.9. The van der Waals surface area contributed by atoms with Crippen LogP contribution in [0.1, 0.15) is 22.8 Å². The predicted molar refractivity (Wildman–Crippen MR) is 76.2 cm³/mol. The maximum atomic E-state index is 11.9. The monoisotopic (exact) mass is 280 g/mol. The number of hydrogen-bond acceptors (Lipinski definition) is 4. The number of carbonyl (C=O) groups excluding carboxylic acids is 1. The molecule has 0 aliphatic carbocycles. The molecule has 0 saturated carbocycles. The van der Waals surface area contributed by atoms with Gasteiger partial charge in [-0.1, -0.05) is 0 Å². The van der Waals surface area contributed by atoms with E-state index in [9.17, 15) is 9.59 Å². The van der Waals surface area contributed by atoms with Gasteiger partial charge >= 0.3 is 5.97 Å². The molecule has 1 heterocycles. The first-order valence-electron chi connectivity index (χ1n) is 5.68. The van der Waals surface area contributed by atoms with Crippen molar-refractivity contribution in [3.63, 3.8) is 0 Å². The molecule has 19 heavy (non-hydrogen) atoms. The number of nitrogens with one attached hydrogen (secondary N) is 1. The van der Waals surface area contributed by atoms with Crippen LogP contribution in [0.3, 0.4) is 0 Å². The summed E-state index contributed by atoms with van der Waals surface area (Å²) in [6, 6.07) is 1.67. The molecule has 102 valence electrons. The van der Waals surface area contributed by atoms with Crippen molar-refractivity contribution in [1.29, 1.82) is 0 Å². The van der Waals surface area contributed by atoms with E-state index in [1.807, 2.05) is 13.2 Å². The molecule has 2 N–H and O–H groups in total. The molecule has 0 radical (unpaired) electrons. The van der Waals surface area contributed by atoms with Crippen LogP contribution in [0.15, 0.2) is 24.5 Å². The van der Waals surface area contributed by atoms with Crippen LogP contribution in [0.2, 0.25) is 0 Å². The van der Waals surface area contributed by atoms with Crippen molar-refractivity contribution in [1.82, 2.24) is 10.3 Å². The lowest BCUT2D eigenvalue weighted by Gasteiger charge is -2.12. The van der Waals surface area contributed by atoms with E-state index in [0.29, 0.717) is 11.1 Å². The van der Waals surface area contributed by atoms with Gasteiger partial charge in [-0.15, -0.1) is 0 Å². The van der Waals surface area contributed by atoms with E-state index in [1.165, 1.54) is 18.5 Å². The maximum Gasteiger partial charge on any atom is 0.328 e. The summed E-state index contributed by atoms with van der Waals surface area (Å²) in [5.41, 5.74) is 0.994. The first-order valence-corrected chi connectivity index (χ1v) is 7.08. The zero-order chi connectivity index (χ0) is 14.3. The molecule has 1 aromatic rings. The van der Waals surface area contributed by atoms with Crippen LogP contribution >= 0.6 is 11.8 Å². The molecule has 6 heteroatoms. The van der Waals surface area contributed by atoms with E-state index in [2.05, 4.69) is 10.3 Å². The highest BCUT2D eigenvalue weighted by Gasteiger charge is 2.09. The minimum Gasteiger partial charge on any atom is -0.478 e. The third kappa shape index (κ3) is 5.56. The standard InChI is InChI=1S/C13H16N2O3S/c1-9(8-19-2)15-13(18)11-5-10(6-14-7-11)3-4-12(16)17/h3-7,9H,8H2,1-2H3,(H,15,18)(H,16,17)/b4-3+. The second kappa shape index (κ2) is 7.58. The number of carbonyl (C=O) groups is 2. The van der Waals surface area contributed by atoms with Crippen molar-refractivity contribution in [3.8, 4) is 0 Å². The minimum atomic E-state index is -1.04. The van der Waals surface area contributed by atoms with E-state index >= 15 is 0 Å². The summed E-state index contributed by atoms with van der Waals surface area (Å²) in [7, 11) is 0. The Morgan fingerprint density at radius 1 is 1.53 bits per heavy atom. The molecular weight excluding hydrogens is 264 g/mol. The zero-order valence-electron chi connectivity index (χ0n) is 10.8. The zero-order valence-corrected chi connectivity index (χ0v) is 11.6. The van der Waals surface area contributed by atoms with E-state index in [1.54, 1.807) is 17.8 Å². The summed E-state index contributed by atoms with van der Waals surface area (Å²) >= 11 is 1.65. The number of thioether (sulfide) groups is 1. The van der Waals surface area contributed by atoms with Gasteiger partial charge in [-0.05, 0) is 30.9 Å². The minimum absolute atomic E-state index is 0.0701. The molecule has 0 fully saturated rings. The third-order valence-electron chi connectivity index (χ3n) is 2.23. The Labute approximate surface area is 116 Å². The number of aliphatic carboxylic acids is 1. The first kappa shape index (κ1) is 15.2. The summed E-state index contributed by atoms with van der Waals surface area (Å²) in [6.07, 6.45) is 7.34. The van der Waals surface area contributed by atoms with Gasteiger partial charge in [0.2, 0.25) is 0 Å². The van der Waals surface area contributed by atoms with Gasteiger partial charge in [0.15, 0.2) is 0 Å². The molecule has 1 rings (SSSR count). The van der Waals surface area contributed by atoms with E-state index in [4.69, 9.17) is 5.11 Å². The average Bonchev–Trinajstić information content (AvgIpc) is 2.37. The fourth-order valence-electron chi connectivity index (χ4n) is 1.44. The van der Waals surface area contributed by atoms with Gasteiger partial charge in [0.05, 0.1) is 5.56 Å². The molecular formula is C13H16N2O3S. The number of carboxylic acid groups (broad SMARTS) is 1. The van der Waals surface area contributed by atoms with Crippen molar-refractivity contribution in [3.05, 3.63) is 35.7 Å². The van der Waals surface area contributed by atoms with Crippen LogP contribution < -0.4 is 5.32 Å². The quantitative estimate of drug-likeness (QED) is 0.775. The van der Waals surface area contributed by atoms with Gasteiger partial charge in [0.1, 0.15) is 0 Å². The van der Waals surface area contributed by atoms with Gasteiger partial charge in [-0.3, -0.25) is 9.78 Å². The lowest BCUT2D eigenvalue weighted by atomic mass is 10.2. The molecule has 0 bridgehead atoms. The summed E-state index contributed by atoms with van der Waals surface area (Å²) in [5.74, 6) is -0.416. The van der Waals surface area contributed by atoms with E-state index in [0.717, 1.165) is 11.8 Å². The fourth-order valence-corrected chi connectivity index (χ4v) is 2.02. The van der Waals surface area contributed by atoms with Crippen LogP contribution in [0, 0.1) is 0 Å². The summed E-state index contributed by atoms with van der Waals surface area (Å²) in [5, 5.41) is 11.4. The van der Waals surface area contributed by atoms with E-state index in [-0.39, 0.29) is 11.9 Å². The number of amides is 1. The number of carboxylic acids is 1. The van der Waals surface area contributed by atoms with Crippen molar-refractivity contribution < 1.29 is 14.7 Å². The Morgan fingerprint density at radius 3 is 2.89 bits per heavy atom. The number of hydrogen-bond donors (Lipinski definition) is 2. The lowest BCUT2D eigenvalue weighted by Crippen LogP contribution is -2.34. The van der Waals surface area contributed by atoms with E-state index < -0.39 is 5.97 Å². The molecule has 1 atom stereocenters. The van der Waals surface area contributed by atoms with Crippen LogP contribution in [0.5, 0.6) is 0 Å². The third-order valence-corrected chi connectivity index (χ3v) is 3.07. The van der Waals surface area contributed by atoms with Crippen molar-refractivity contribution in [2.24, 2.45) is 0 Å². The predicted octanol–water partition coefficient (Wildman–Crippen LogP) is 1.66. The van der Waals surface area contributed by atoms with Gasteiger partial charge in [0, 0.05) is 30.3 Å². The number of rotatable bonds is 6. The Balaban J connectivity index is 2.75. The van der Waals surface area contributed by atoms with Crippen LogP contribution in [0.4, 0.5) is 0 Å². The Kier molecular flexibility index (Phi) is 6.08. The summed E-state index contributed by atoms with van der Waals surface area (Å²) < 4.78 is 0. The molecule has 0 spiro atoms. The van der Waals surface area contributed by atoms with Gasteiger partial charge < -0.3 is 10.4 Å². The van der Waals surface area contributed by atoms with Crippen molar-refractivity contribution in [2.45, 2.75) is 13.0 Å². The molecule has 0 aliphatic rings. The Bertz CT molecular complexity index is 489. The first-order chi connectivity index (χ1) is 9.02. The SMILES string of the molecule is CSCC(C)NC(=O)c1cncc(/C=C/C(=O)O)c1. The summed E-state index contributed by atoms with van der Waals surface area (Å²) in [6.45, 7) is 1.93. The van der Waals surface area contributed by atoms with Crippen LogP contribution in [-0.2, 0) is 4.79 Å². The number of aromatic nitrogens is 1.